The first-order chi connectivity index (χ1) is 12.5. The third-order valence-electron chi connectivity index (χ3n) is 4.84. The average molecular weight is 350 g/mol. The van der Waals surface area contributed by atoms with Gasteiger partial charge in [-0.15, -0.1) is 0 Å². The van der Waals surface area contributed by atoms with E-state index in [2.05, 4.69) is 6.07 Å². The predicted octanol–water partition coefficient (Wildman–Crippen LogP) is 3.22. The van der Waals surface area contributed by atoms with Gasteiger partial charge in [0.2, 0.25) is 5.91 Å². The first-order valence-electron chi connectivity index (χ1n) is 9.22. The van der Waals surface area contributed by atoms with Crippen molar-refractivity contribution >= 4 is 11.8 Å². The quantitative estimate of drug-likeness (QED) is 0.853. The van der Waals surface area contributed by atoms with Crippen molar-refractivity contribution in [1.29, 1.82) is 0 Å². The second-order valence-corrected chi connectivity index (χ2v) is 7.06. The van der Waals surface area contributed by atoms with E-state index in [4.69, 9.17) is 0 Å². The van der Waals surface area contributed by atoms with Crippen LogP contribution in [0.3, 0.4) is 0 Å². The molecule has 4 nitrogen and oxygen atoms in total. The maximum atomic E-state index is 12.7. The summed E-state index contributed by atoms with van der Waals surface area (Å²) in [4.78, 5) is 29.1. The van der Waals surface area contributed by atoms with Crippen molar-refractivity contribution in [1.82, 2.24) is 9.80 Å². The zero-order valence-corrected chi connectivity index (χ0v) is 15.6. The van der Waals surface area contributed by atoms with Crippen LogP contribution in [0.4, 0.5) is 0 Å². The molecular formula is C22H26N2O2. The maximum absolute atomic E-state index is 12.7. The molecule has 26 heavy (non-hydrogen) atoms. The molecule has 2 amide bonds. The number of rotatable bonds is 3. The van der Waals surface area contributed by atoms with E-state index < -0.39 is 0 Å². The molecule has 0 unspecified atom stereocenters. The van der Waals surface area contributed by atoms with Crippen LogP contribution >= 0.6 is 0 Å². The minimum Gasteiger partial charge on any atom is -0.341 e. The van der Waals surface area contributed by atoms with Crippen molar-refractivity contribution in [2.45, 2.75) is 26.7 Å². The Hall–Kier alpha value is -2.62. The number of carbonyl (C=O) groups excluding carboxylic acids is 2. The van der Waals surface area contributed by atoms with Gasteiger partial charge >= 0.3 is 0 Å². The largest absolute Gasteiger partial charge is 0.341 e. The van der Waals surface area contributed by atoms with Crippen LogP contribution in [0.2, 0.25) is 0 Å². The van der Waals surface area contributed by atoms with Gasteiger partial charge in [0.15, 0.2) is 0 Å². The van der Waals surface area contributed by atoms with Crippen LogP contribution in [0, 0.1) is 13.8 Å². The lowest BCUT2D eigenvalue weighted by Crippen LogP contribution is -2.38. The Morgan fingerprint density at radius 3 is 2.23 bits per heavy atom. The molecule has 1 saturated heterocycles. The highest BCUT2D eigenvalue weighted by Gasteiger charge is 2.22. The zero-order valence-electron chi connectivity index (χ0n) is 15.6. The molecule has 136 valence electrons. The van der Waals surface area contributed by atoms with E-state index in [1.165, 1.54) is 5.56 Å². The van der Waals surface area contributed by atoms with E-state index in [9.17, 15) is 9.59 Å². The van der Waals surface area contributed by atoms with Gasteiger partial charge in [0, 0.05) is 31.7 Å². The van der Waals surface area contributed by atoms with Crippen molar-refractivity contribution in [3.63, 3.8) is 0 Å². The van der Waals surface area contributed by atoms with Crippen LogP contribution < -0.4 is 0 Å². The number of hydrogen-bond acceptors (Lipinski definition) is 2. The predicted molar refractivity (Wildman–Crippen MR) is 103 cm³/mol. The number of aryl methyl sites for hydroxylation is 2. The van der Waals surface area contributed by atoms with Gasteiger partial charge in [0.25, 0.3) is 5.91 Å². The fourth-order valence-corrected chi connectivity index (χ4v) is 3.44. The third kappa shape index (κ3) is 4.51. The Labute approximate surface area is 155 Å². The molecule has 4 heteroatoms. The third-order valence-corrected chi connectivity index (χ3v) is 4.84. The summed E-state index contributed by atoms with van der Waals surface area (Å²) in [5.74, 6) is 0.196. The van der Waals surface area contributed by atoms with Gasteiger partial charge in [-0.25, -0.2) is 0 Å². The van der Waals surface area contributed by atoms with Crippen LogP contribution in [0.15, 0.2) is 48.5 Å². The lowest BCUT2D eigenvalue weighted by molar-refractivity contribution is -0.130. The minimum atomic E-state index is 0.0571. The van der Waals surface area contributed by atoms with Crippen LogP contribution in [0.5, 0.6) is 0 Å². The highest BCUT2D eigenvalue weighted by atomic mass is 16.2. The standard InChI is InChI=1S/C22H26N2O2/c1-17-6-3-8-19(14-17)16-21(25)23-10-5-11-24(13-12-23)22(26)20-9-4-7-18(2)15-20/h3-4,6-9,14-15H,5,10-13,16H2,1-2H3. The molecule has 0 N–H and O–H groups in total. The van der Waals surface area contributed by atoms with E-state index in [0.717, 1.165) is 23.1 Å². The molecule has 0 radical (unpaired) electrons. The molecule has 3 rings (SSSR count). The number of benzene rings is 2. The van der Waals surface area contributed by atoms with Crippen molar-refractivity contribution in [3.05, 3.63) is 70.8 Å². The fourth-order valence-electron chi connectivity index (χ4n) is 3.44. The Balaban J connectivity index is 1.61. The van der Waals surface area contributed by atoms with Crippen LogP contribution in [-0.2, 0) is 11.2 Å². The van der Waals surface area contributed by atoms with Gasteiger partial charge in [0.1, 0.15) is 0 Å². The molecular weight excluding hydrogens is 324 g/mol. The number of nitrogens with zero attached hydrogens (tertiary/aromatic N) is 2. The minimum absolute atomic E-state index is 0.0571. The molecule has 1 aliphatic heterocycles. The van der Waals surface area contributed by atoms with Crippen molar-refractivity contribution in [2.24, 2.45) is 0 Å². The molecule has 1 aliphatic rings. The molecule has 1 fully saturated rings. The first kappa shape index (κ1) is 18.2. The number of hydrogen-bond donors (Lipinski definition) is 0. The summed E-state index contributed by atoms with van der Waals surface area (Å²) < 4.78 is 0. The van der Waals surface area contributed by atoms with E-state index in [1.807, 2.05) is 66.1 Å². The van der Waals surface area contributed by atoms with E-state index in [1.54, 1.807) is 0 Å². The summed E-state index contributed by atoms with van der Waals surface area (Å²) in [6.45, 7) is 6.62. The highest BCUT2D eigenvalue weighted by molar-refractivity contribution is 5.94. The van der Waals surface area contributed by atoms with Gasteiger partial charge < -0.3 is 9.80 Å². The summed E-state index contributed by atoms with van der Waals surface area (Å²) in [6.07, 6.45) is 1.24. The Kier molecular flexibility index (Phi) is 5.71. The molecule has 0 aliphatic carbocycles. The lowest BCUT2D eigenvalue weighted by Gasteiger charge is -2.22. The summed E-state index contributed by atoms with van der Waals surface area (Å²) in [5, 5.41) is 0. The van der Waals surface area contributed by atoms with Crippen molar-refractivity contribution < 1.29 is 9.59 Å². The highest BCUT2D eigenvalue weighted by Crippen LogP contribution is 2.13. The summed E-state index contributed by atoms with van der Waals surface area (Å²) in [7, 11) is 0. The molecule has 1 heterocycles. The van der Waals surface area contributed by atoms with E-state index >= 15 is 0 Å². The smallest absolute Gasteiger partial charge is 0.253 e. The Bertz CT molecular complexity index is 800. The molecule has 0 aromatic heterocycles. The first-order valence-corrected chi connectivity index (χ1v) is 9.22. The monoisotopic (exact) mass is 350 g/mol. The molecule has 0 saturated carbocycles. The van der Waals surface area contributed by atoms with Gasteiger partial charge in [-0.1, -0.05) is 47.5 Å². The van der Waals surface area contributed by atoms with E-state index in [0.29, 0.717) is 32.6 Å². The molecule has 0 spiro atoms. The average Bonchev–Trinajstić information content (AvgIpc) is 2.87. The van der Waals surface area contributed by atoms with Crippen LogP contribution in [0.1, 0.15) is 33.5 Å². The zero-order chi connectivity index (χ0) is 18.5. The second-order valence-electron chi connectivity index (χ2n) is 7.06. The van der Waals surface area contributed by atoms with Gasteiger partial charge in [-0.2, -0.15) is 0 Å². The fraction of sp³-hybridized carbons (Fsp3) is 0.364. The Morgan fingerprint density at radius 1 is 0.846 bits per heavy atom. The van der Waals surface area contributed by atoms with Crippen molar-refractivity contribution in [2.75, 3.05) is 26.2 Å². The lowest BCUT2D eigenvalue weighted by atomic mass is 10.1. The van der Waals surface area contributed by atoms with Crippen molar-refractivity contribution in [3.8, 4) is 0 Å². The normalized spacial score (nSPS) is 14.8. The van der Waals surface area contributed by atoms with Crippen LogP contribution in [-0.4, -0.2) is 47.8 Å². The second kappa shape index (κ2) is 8.17. The summed E-state index contributed by atoms with van der Waals surface area (Å²) in [6, 6.07) is 15.8. The topological polar surface area (TPSA) is 40.6 Å². The maximum Gasteiger partial charge on any atom is 0.253 e. The SMILES string of the molecule is Cc1cccc(CC(=O)N2CCCN(C(=O)c3cccc(C)c3)CC2)c1. The molecule has 0 bridgehead atoms. The van der Waals surface area contributed by atoms with Gasteiger partial charge in [-0.3, -0.25) is 9.59 Å². The van der Waals surface area contributed by atoms with E-state index in [-0.39, 0.29) is 11.8 Å². The molecule has 0 atom stereocenters. The summed E-state index contributed by atoms with van der Waals surface area (Å²) >= 11 is 0. The number of carbonyl (C=O) groups is 2. The van der Waals surface area contributed by atoms with Gasteiger partial charge in [0.05, 0.1) is 6.42 Å². The molecule has 2 aromatic carbocycles. The number of amides is 2. The van der Waals surface area contributed by atoms with Gasteiger partial charge in [-0.05, 0) is 38.0 Å². The molecule has 2 aromatic rings. The van der Waals surface area contributed by atoms with Crippen LogP contribution in [0.25, 0.3) is 0 Å². The summed E-state index contributed by atoms with van der Waals surface area (Å²) in [5.41, 5.74) is 4.03. The Morgan fingerprint density at radius 2 is 1.50 bits per heavy atom.